The molecule has 4 rings (SSSR count). The SMILES string of the molecule is CC1=CN2C(=N)/C(=C/c3cc(C)n(-c4ccccc4F)c3C)C(=O)N=C2S1. The Morgan fingerprint density at radius 1 is 1.22 bits per heavy atom. The molecule has 2 aliphatic rings. The molecule has 0 saturated heterocycles. The van der Waals surface area contributed by atoms with E-state index in [9.17, 15) is 9.18 Å². The van der Waals surface area contributed by atoms with E-state index in [-0.39, 0.29) is 17.2 Å². The number of hydrogen-bond donors (Lipinski definition) is 1. The standard InChI is InChI=1S/C20H17FN4OS/c1-11-8-14(13(3)25(11)17-7-5-4-6-16(17)21)9-15-18(22)24-10-12(2)27-20(24)23-19(15)26/h4-10,22H,1-3H3/b15-9-,22-18?. The van der Waals surface area contributed by atoms with E-state index in [1.165, 1.54) is 17.8 Å². The highest BCUT2D eigenvalue weighted by molar-refractivity contribution is 8.17. The highest BCUT2D eigenvalue weighted by atomic mass is 32.2. The number of nitrogens with zero attached hydrogens (tertiary/aromatic N) is 3. The van der Waals surface area contributed by atoms with Crippen LogP contribution < -0.4 is 0 Å². The predicted molar refractivity (Wildman–Crippen MR) is 107 cm³/mol. The normalized spacial score (nSPS) is 18.1. The first kappa shape index (κ1) is 17.5. The first-order valence-electron chi connectivity index (χ1n) is 8.40. The molecule has 0 spiro atoms. The fourth-order valence-electron chi connectivity index (χ4n) is 3.29. The number of allylic oxidation sites excluding steroid dienone is 1. The fraction of sp³-hybridized carbons (Fsp3) is 0.150. The predicted octanol–water partition coefficient (Wildman–Crippen LogP) is 4.40. The number of aromatic nitrogens is 1. The van der Waals surface area contributed by atoms with Crippen molar-refractivity contribution in [2.24, 2.45) is 4.99 Å². The van der Waals surface area contributed by atoms with E-state index < -0.39 is 5.91 Å². The van der Waals surface area contributed by atoms with Gasteiger partial charge in [0.15, 0.2) is 5.17 Å². The monoisotopic (exact) mass is 380 g/mol. The molecule has 136 valence electrons. The van der Waals surface area contributed by atoms with Crippen molar-refractivity contribution in [3.05, 3.63) is 69.8 Å². The van der Waals surface area contributed by atoms with Gasteiger partial charge in [0, 0.05) is 22.5 Å². The molecule has 0 aliphatic carbocycles. The number of benzene rings is 1. The third-order valence-electron chi connectivity index (χ3n) is 4.56. The number of thioether (sulfide) groups is 1. The van der Waals surface area contributed by atoms with Crippen molar-refractivity contribution < 1.29 is 9.18 Å². The van der Waals surface area contributed by atoms with Crippen LogP contribution in [0.2, 0.25) is 0 Å². The summed E-state index contributed by atoms with van der Waals surface area (Å²) in [5.41, 5.74) is 3.07. The molecule has 2 aromatic rings. The maximum absolute atomic E-state index is 14.3. The lowest BCUT2D eigenvalue weighted by Gasteiger charge is -2.22. The second-order valence-corrected chi connectivity index (χ2v) is 7.64. The second-order valence-electron chi connectivity index (χ2n) is 6.43. The summed E-state index contributed by atoms with van der Waals surface area (Å²) in [4.78, 5) is 19.1. The first-order chi connectivity index (χ1) is 12.9. The lowest BCUT2D eigenvalue weighted by molar-refractivity contribution is -0.114. The largest absolute Gasteiger partial charge is 0.315 e. The van der Waals surface area contributed by atoms with E-state index in [1.807, 2.05) is 31.4 Å². The molecular weight excluding hydrogens is 363 g/mol. The van der Waals surface area contributed by atoms with Gasteiger partial charge in [-0.05, 0) is 50.6 Å². The molecule has 3 heterocycles. The highest BCUT2D eigenvalue weighted by Crippen LogP contribution is 2.33. The summed E-state index contributed by atoms with van der Waals surface area (Å²) in [5, 5.41) is 8.91. The van der Waals surface area contributed by atoms with Gasteiger partial charge in [0.2, 0.25) is 0 Å². The van der Waals surface area contributed by atoms with Crippen LogP contribution in [0.4, 0.5) is 4.39 Å². The van der Waals surface area contributed by atoms with Gasteiger partial charge in [0.1, 0.15) is 11.7 Å². The summed E-state index contributed by atoms with van der Waals surface area (Å²) in [6.45, 7) is 5.66. The molecule has 2 aliphatic heterocycles. The summed E-state index contributed by atoms with van der Waals surface area (Å²) in [5.74, 6) is -0.647. The second kappa shape index (κ2) is 6.35. The number of nitrogens with one attached hydrogen (secondary N) is 1. The van der Waals surface area contributed by atoms with E-state index in [2.05, 4.69) is 4.99 Å². The van der Waals surface area contributed by atoms with Crippen molar-refractivity contribution in [2.75, 3.05) is 0 Å². The molecule has 1 amide bonds. The van der Waals surface area contributed by atoms with Crippen LogP contribution in [-0.4, -0.2) is 26.4 Å². The lowest BCUT2D eigenvalue weighted by atomic mass is 10.1. The molecule has 0 radical (unpaired) electrons. The number of hydrogen-bond acceptors (Lipinski definition) is 3. The van der Waals surface area contributed by atoms with Gasteiger partial charge in [0.05, 0.1) is 11.3 Å². The maximum atomic E-state index is 14.3. The Labute approximate surface area is 160 Å². The Morgan fingerprint density at radius 3 is 2.70 bits per heavy atom. The highest BCUT2D eigenvalue weighted by Gasteiger charge is 2.33. The number of rotatable bonds is 2. The Hall–Kier alpha value is -2.93. The van der Waals surface area contributed by atoms with Gasteiger partial charge < -0.3 is 4.57 Å². The van der Waals surface area contributed by atoms with Crippen LogP contribution in [0.15, 0.2) is 52.0 Å². The van der Waals surface area contributed by atoms with Gasteiger partial charge in [-0.2, -0.15) is 4.99 Å². The molecule has 1 N–H and O–H groups in total. The van der Waals surface area contributed by atoms with Crippen LogP contribution >= 0.6 is 11.8 Å². The molecular formula is C20H17FN4OS. The minimum absolute atomic E-state index is 0.102. The molecule has 7 heteroatoms. The smallest absolute Gasteiger partial charge is 0.283 e. The molecule has 1 aromatic carbocycles. The molecule has 0 saturated carbocycles. The van der Waals surface area contributed by atoms with E-state index in [0.717, 1.165) is 21.9 Å². The van der Waals surface area contributed by atoms with Crippen molar-refractivity contribution in [1.82, 2.24) is 9.47 Å². The molecule has 5 nitrogen and oxygen atoms in total. The van der Waals surface area contributed by atoms with Crippen LogP contribution in [0.3, 0.4) is 0 Å². The Kier molecular flexibility index (Phi) is 4.11. The third kappa shape index (κ3) is 2.84. The van der Waals surface area contributed by atoms with Gasteiger partial charge in [-0.1, -0.05) is 23.9 Å². The summed E-state index contributed by atoms with van der Waals surface area (Å²) in [7, 11) is 0. The van der Waals surface area contributed by atoms with Gasteiger partial charge in [-0.3, -0.25) is 15.1 Å². The number of carbonyl (C=O) groups excluding carboxylic acids is 1. The van der Waals surface area contributed by atoms with E-state index in [0.29, 0.717) is 10.9 Å². The van der Waals surface area contributed by atoms with Crippen molar-refractivity contribution in [3.8, 4) is 5.69 Å². The minimum atomic E-state index is -0.433. The average molecular weight is 380 g/mol. The van der Waals surface area contributed by atoms with Gasteiger partial charge in [-0.25, -0.2) is 4.39 Å². The first-order valence-corrected chi connectivity index (χ1v) is 9.21. The zero-order valence-electron chi connectivity index (χ0n) is 15.1. The number of amidine groups is 2. The van der Waals surface area contributed by atoms with Crippen molar-refractivity contribution >= 4 is 34.7 Å². The number of aliphatic imine (C=N–C) groups is 1. The number of fused-ring (bicyclic) bond motifs is 1. The van der Waals surface area contributed by atoms with Crippen molar-refractivity contribution in [2.45, 2.75) is 20.8 Å². The zero-order valence-corrected chi connectivity index (χ0v) is 15.9. The lowest BCUT2D eigenvalue weighted by Crippen LogP contribution is -2.35. The molecule has 0 fully saturated rings. The number of aryl methyl sites for hydroxylation is 1. The topological polar surface area (TPSA) is 61.5 Å². The van der Waals surface area contributed by atoms with Crippen LogP contribution in [-0.2, 0) is 4.79 Å². The fourth-order valence-corrected chi connectivity index (χ4v) is 4.11. The summed E-state index contributed by atoms with van der Waals surface area (Å²) >= 11 is 1.38. The quantitative estimate of drug-likeness (QED) is 0.786. The third-order valence-corrected chi connectivity index (χ3v) is 5.45. The minimum Gasteiger partial charge on any atom is -0.315 e. The molecule has 1 aromatic heterocycles. The molecule has 0 atom stereocenters. The number of carbonyl (C=O) groups is 1. The van der Waals surface area contributed by atoms with E-state index in [4.69, 9.17) is 5.41 Å². The maximum Gasteiger partial charge on any atom is 0.283 e. The van der Waals surface area contributed by atoms with Crippen LogP contribution in [0, 0.1) is 25.1 Å². The zero-order chi connectivity index (χ0) is 19.3. The number of halogens is 1. The summed E-state index contributed by atoms with van der Waals surface area (Å²) < 4.78 is 16.1. The average Bonchev–Trinajstić information content (AvgIpc) is 3.12. The number of para-hydroxylation sites is 1. The van der Waals surface area contributed by atoms with Gasteiger partial charge in [-0.15, -0.1) is 0 Å². The molecule has 27 heavy (non-hydrogen) atoms. The van der Waals surface area contributed by atoms with Gasteiger partial charge >= 0.3 is 0 Å². The Bertz CT molecular complexity index is 1090. The number of amides is 1. The Balaban J connectivity index is 1.80. The molecule has 0 unspecified atom stereocenters. The Morgan fingerprint density at radius 2 is 1.96 bits per heavy atom. The van der Waals surface area contributed by atoms with Crippen LogP contribution in [0.1, 0.15) is 23.9 Å². The summed E-state index contributed by atoms with van der Waals surface area (Å²) in [6, 6.07) is 8.45. The van der Waals surface area contributed by atoms with Gasteiger partial charge in [0.25, 0.3) is 5.91 Å². The van der Waals surface area contributed by atoms with Crippen LogP contribution in [0.25, 0.3) is 11.8 Å². The summed E-state index contributed by atoms with van der Waals surface area (Å²) in [6.07, 6.45) is 3.46. The van der Waals surface area contributed by atoms with Crippen molar-refractivity contribution in [1.29, 1.82) is 5.41 Å². The molecule has 0 bridgehead atoms. The van der Waals surface area contributed by atoms with Crippen LogP contribution in [0.5, 0.6) is 0 Å². The van der Waals surface area contributed by atoms with Crippen molar-refractivity contribution in [3.63, 3.8) is 0 Å². The van der Waals surface area contributed by atoms with E-state index >= 15 is 0 Å². The van der Waals surface area contributed by atoms with E-state index in [1.54, 1.807) is 35.4 Å².